The van der Waals surface area contributed by atoms with Gasteiger partial charge in [0.2, 0.25) is 11.8 Å². The summed E-state index contributed by atoms with van der Waals surface area (Å²) in [5.41, 5.74) is 0.813. The first-order chi connectivity index (χ1) is 10.5. The summed E-state index contributed by atoms with van der Waals surface area (Å²) in [7, 11) is 4.13. The van der Waals surface area contributed by atoms with Crippen molar-refractivity contribution < 1.29 is 9.59 Å². The lowest BCUT2D eigenvalue weighted by molar-refractivity contribution is -0.139. The predicted molar refractivity (Wildman–Crippen MR) is 84.3 cm³/mol. The maximum Gasteiger partial charge on any atom is 0.231 e. The van der Waals surface area contributed by atoms with Gasteiger partial charge in [-0.15, -0.1) is 0 Å². The molecular formula is C16H26N4O2. The lowest BCUT2D eigenvalue weighted by Gasteiger charge is -2.33. The summed E-state index contributed by atoms with van der Waals surface area (Å²) >= 11 is 0. The van der Waals surface area contributed by atoms with Gasteiger partial charge >= 0.3 is 0 Å². The second-order valence-electron chi connectivity index (χ2n) is 6.79. The highest BCUT2D eigenvalue weighted by molar-refractivity contribution is 5.99. The van der Waals surface area contributed by atoms with Gasteiger partial charge in [-0.2, -0.15) is 0 Å². The molecule has 6 nitrogen and oxygen atoms in total. The molecule has 3 fully saturated rings. The van der Waals surface area contributed by atoms with Crippen molar-refractivity contribution in [1.82, 2.24) is 19.6 Å². The van der Waals surface area contributed by atoms with Gasteiger partial charge in [0.1, 0.15) is 0 Å². The number of piperazine rings is 2. The normalized spacial score (nSPS) is 30.5. The molecule has 0 unspecified atom stereocenters. The van der Waals surface area contributed by atoms with Gasteiger partial charge in [-0.25, -0.2) is 0 Å². The Morgan fingerprint density at radius 3 is 1.41 bits per heavy atom. The van der Waals surface area contributed by atoms with Crippen LogP contribution >= 0.6 is 0 Å². The molecule has 0 aromatic heterocycles. The molecule has 122 valence electrons. The molecule has 0 radical (unpaired) electrons. The topological polar surface area (TPSA) is 47.1 Å². The Bertz CT molecular complexity index is 435. The summed E-state index contributed by atoms with van der Waals surface area (Å²) in [5.74, 6) is -0.331. The number of hydrogen-bond acceptors (Lipinski definition) is 4. The average molecular weight is 306 g/mol. The number of hydrogen-bond donors (Lipinski definition) is 0. The van der Waals surface area contributed by atoms with E-state index in [0.29, 0.717) is 0 Å². The van der Waals surface area contributed by atoms with Gasteiger partial charge in [0, 0.05) is 52.4 Å². The van der Waals surface area contributed by atoms with E-state index in [1.807, 2.05) is 9.80 Å². The quantitative estimate of drug-likeness (QED) is 0.635. The molecule has 2 amide bonds. The van der Waals surface area contributed by atoms with E-state index in [1.54, 1.807) is 0 Å². The molecule has 2 heterocycles. The first-order valence-corrected chi connectivity index (χ1v) is 8.12. The second-order valence-corrected chi connectivity index (χ2v) is 6.79. The minimum atomic E-state index is -0.268. The Morgan fingerprint density at radius 1 is 0.773 bits per heavy atom. The lowest BCUT2D eigenvalue weighted by Crippen LogP contribution is -2.49. The van der Waals surface area contributed by atoms with E-state index in [2.05, 4.69) is 30.5 Å². The summed E-state index contributed by atoms with van der Waals surface area (Å²) in [6.45, 7) is 10.6. The van der Waals surface area contributed by atoms with E-state index in [9.17, 15) is 9.59 Å². The van der Waals surface area contributed by atoms with Crippen LogP contribution in [0.2, 0.25) is 0 Å². The molecule has 0 aromatic rings. The largest absolute Gasteiger partial charge is 0.340 e. The molecule has 2 aliphatic heterocycles. The molecule has 2 atom stereocenters. The smallest absolute Gasteiger partial charge is 0.231 e. The summed E-state index contributed by atoms with van der Waals surface area (Å²) in [5, 5.41) is 0. The van der Waals surface area contributed by atoms with E-state index in [0.717, 1.165) is 57.9 Å². The zero-order chi connectivity index (χ0) is 15.9. The highest BCUT2D eigenvalue weighted by Crippen LogP contribution is 2.46. The number of amides is 2. The predicted octanol–water partition coefficient (Wildman–Crippen LogP) is -0.663. The van der Waals surface area contributed by atoms with Crippen LogP contribution in [0, 0.1) is 11.8 Å². The van der Waals surface area contributed by atoms with Crippen LogP contribution in [0.3, 0.4) is 0 Å². The molecule has 2 saturated heterocycles. The van der Waals surface area contributed by atoms with E-state index in [4.69, 9.17) is 0 Å². The molecule has 0 spiro atoms. The van der Waals surface area contributed by atoms with Crippen LogP contribution in [-0.2, 0) is 9.59 Å². The van der Waals surface area contributed by atoms with Crippen molar-refractivity contribution in [2.75, 3.05) is 66.5 Å². The Balaban J connectivity index is 1.57. The van der Waals surface area contributed by atoms with E-state index in [-0.39, 0.29) is 23.7 Å². The highest BCUT2D eigenvalue weighted by Gasteiger charge is 2.55. The number of likely N-dealkylation sites (N-methyl/N-ethyl adjacent to an activating group) is 2. The fourth-order valence-electron chi connectivity index (χ4n) is 3.36. The van der Waals surface area contributed by atoms with Gasteiger partial charge in [0.15, 0.2) is 0 Å². The minimum Gasteiger partial charge on any atom is -0.340 e. The molecule has 0 N–H and O–H groups in total. The van der Waals surface area contributed by atoms with Crippen molar-refractivity contribution in [3.8, 4) is 0 Å². The Hall–Kier alpha value is -1.40. The molecule has 6 heteroatoms. The minimum absolute atomic E-state index is 0.102. The van der Waals surface area contributed by atoms with Crippen molar-refractivity contribution in [2.24, 2.45) is 11.8 Å². The third kappa shape index (κ3) is 2.90. The third-order valence-corrected chi connectivity index (χ3v) is 5.19. The summed E-state index contributed by atoms with van der Waals surface area (Å²) < 4.78 is 0. The Labute approximate surface area is 132 Å². The van der Waals surface area contributed by atoms with Gasteiger partial charge in [0.05, 0.1) is 11.8 Å². The fourth-order valence-corrected chi connectivity index (χ4v) is 3.36. The molecular weight excluding hydrogens is 280 g/mol. The van der Waals surface area contributed by atoms with Gasteiger partial charge < -0.3 is 19.6 Å². The maximum absolute atomic E-state index is 12.6. The van der Waals surface area contributed by atoms with Crippen LogP contribution in [0.25, 0.3) is 0 Å². The van der Waals surface area contributed by atoms with Gasteiger partial charge in [-0.1, -0.05) is 12.2 Å². The third-order valence-electron chi connectivity index (χ3n) is 5.19. The second kappa shape index (κ2) is 6.01. The Morgan fingerprint density at radius 2 is 1.09 bits per heavy atom. The fraction of sp³-hybridized carbons (Fsp3) is 0.750. The SMILES string of the molecule is C=C1[C@@H](C(=O)N2CCN(C)CC2)[C@@H]1C(=O)N1CCN(C)CC1. The van der Waals surface area contributed by atoms with Crippen LogP contribution in [0.15, 0.2) is 12.2 Å². The first-order valence-electron chi connectivity index (χ1n) is 8.12. The lowest BCUT2D eigenvalue weighted by atomic mass is 10.2. The number of rotatable bonds is 2. The van der Waals surface area contributed by atoms with Crippen LogP contribution in [0.1, 0.15) is 0 Å². The van der Waals surface area contributed by atoms with Gasteiger partial charge in [-0.3, -0.25) is 9.59 Å². The molecule has 0 bridgehead atoms. The highest BCUT2D eigenvalue weighted by atomic mass is 16.2. The van der Waals surface area contributed by atoms with Gasteiger partial charge in [-0.05, 0) is 14.1 Å². The summed E-state index contributed by atoms with van der Waals surface area (Å²) in [4.78, 5) is 33.4. The molecule has 3 rings (SSSR count). The van der Waals surface area contributed by atoms with Crippen molar-refractivity contribution in [2.45, 2.75) is 0 Å². The molecule has 22 heavy (non-hydrogen) atoms. The molecule has 1 aliphatic carbocycles. The number of carbonyl (C=O) groups is 2. The first kappa shape index (κ1) is 15.5. The van der Waals surface area contributed by atoms with Crippen LogP contribution < -0.4 is 0 Å². The van der Waals surface area contributed by atoms with E-state index < -0.39 is 0 Å². The van der Waals surface area contributed by atoms with Crippen LogP contribution in [-0.4, -0.2) is 97.9 Å². The van der Waals surface area contributed by atoms with E-state index >= 15 is 0 Å². The zero-order valence-corrected chi connectivity index (χ0v) is 13.6. The summed E-state index contributed by atoms with van der Waals surface area (Å²) in [6.07, 6.45) is 0. The van der Waals surface area contributed by atoms with Crippen molar-refractivity contribution in [3.05, 3.63) is 12.2 Å². The monoisotopic (exact) mass is 306 g/mol. The van der Waals surface area contributed by atoms with Crippen LogP contribution in [0.5, 0.6) is 0 Å². The van der Waals surface area contributed by atoms with Gasteiger partial charge in [0.25, 0.3) is 0 Å². The van der Waals surface area contributed by atoms with Crippen molar-refractivity contribution >= 4 is 11.8 Å². The zero-order valence-electron chi connectivity index (χ0n) is 13.6. The summed E-state index contributed by atoms with van der Waals surface area (Å²) in [6, 6.07) is 0. The number of carbonyl (C=O) groups excluding carboxylic acids is 2. The molecule has 0 aromatic carbocycles. The standard InChI is InChI=1S/C16H26N4O2/c1-12-13(15(21)19-8-4-17(2)5-9-19)14(12)16(22)20-10-6-18(3)7-11-20/h13-14H,1,4-11H2,2-3H3/t13-,14-/m1/s1. The molecule has 1 saturated carbocycles. The van der Waals surface area contributed by atoms with Crippen LogP contribution in [0.4, 0.5) is 0 Å². The van der Waals surface area contributed by atoms with E-state index in [1.165, 1.54) is 0 Å². The van der Waals surface area contributed by atoms with Crippen molar-refractivity contribution in [3.63, 3.8) is 0 Å². The Kier molecular flexibility index (Phi) is 4.23. The van der Waals surface area contributed by atoms with Crippen molar-refractivity contribution in [1.29, 1.82) is 0 Å². The molecule has 3 aliphatic rings. The number of nitrogens with zero attached hydrogens (tertiary/aromatic N) is 4. The maximum atomic E-state index is 12.6. The average Bonchev–Trinajstić information content (AvgIpc) is 3.18.